The Morgan fingerprint density at radius 2 is 2.37 bits per heavy atom. The van der Waals surface area contributed by atoms with Gasteiger partial charge in [-0.2, -0.15) is 0 Å². The van der Waals surface area contributed by atoms with Gasteiger partial charge in [-0.15, -0.1) is 11.3 Å². The summed E-state index contributed by atoms with van der Waals surface area (Å²) in [6.45, 7) is 0.347. The highest BCUT2D eigenvalue weighted by Gasteiger charge is 2.07. The third kappa shape index (κ3) is 3.90. The summed E-state index contributed by atoms with van der Waals surface area (Å²) < 4.78 is 6.47. The van der Waals surface area contributed by atoms with E-state index in [9.17, 15) is 4.79 Å². The molecule has 0 amide bonds. The van der Waals surface area contributed by atoms with E-state index < -0.39 is 5.97 Å². The van der Waals surface area contributed by atoms with E-state index in [0.29, 0.717) is 17.9 Å². The molecule has 6 heteroatoms. The van der Waals surface area contributed by atoms with E-state index in [1.807, 2.05) is 17.5 Å². The molecule has 0 saturated heterocycles. The third-order valence-electron chi connectivity index (χ3n) is 2.25. The van der Waals surface area contributed by atoms with Crippen molar-refractivity contribution >= 4 is 39.3 Å². The first-order valence-electron chi connectivity index (χ1n) is 5.36. The minimum atomic E-state index is -0.995. The summed E-state index contributed by atoms with van der Waals surface area (Å²) in [5, 5.41) is 10.6. The smallest absolute Gasteiger partial charge is 0.328 e. The minimum absolute atomic E-state index is 0.347. The first-order valence-corrected chi connectivity index (χ1v) is 7.10. The van der Waals surface area contributed by atoms with Crippen LogP contribution >= 0.6 is 27.3 Å². The molecule has 0 bridgehead atoms. The van der Waals surface area contributed by atoms with Gasteiger partial charge >= 0.3 is 5.97 Å². The van der Waals surface area contributed by atoms with Crippen molar-refractivity contribution in [1.82, 2.24) is 4.98 Å². The molecule has 0 fully saturated rings. The van der Waals surface area contributed by atoms with Gasteiger partial charge in [0.1, 0.15) is 12.4 Å². The topological polar surface area (TPSA) is 59.4 Å². The lowest BCUT2D eigenvalue weighted by Crippen LogP contribution is -1.98. The number of aliphatic carboxylic acids is 1. The van der Waals surface area contributed by atoms with Crippen LogP contribution in [0.1, 0.15) is 11.3 Å². The summed E-state index contributed by atoms with van der Waals surface area (Å²) in [7, 11) is 0. The lowest BCUT2D eigenvalue weighted by molar-refractivity contribution is -0.131. The molecule has 2 rings (SSSR count). The van der Waals surface area contributed by atoms with Crippen molar-refractivity contribution in [3.05, 3.63) is 50.9 Å². The lowest BCUT2D eigenvalue weighted by atomic mass is 10.2. The van der Waals surface area contributed by atoms with Crippen LogP contribution < -0.4 is 4.74 Å². The average Bonchev–Trinajstić information content (AvgIpc) is 2.88. The molecule has 1 N–H and O–H groups in total. The number of para-hydroxylation sites is 1. The molecule has 4 nitrogen and oxygen atoms in total. The Morgan fingerprint density at radius 1 is 1.53 bits per heavy atom. The van der Waals surface area contributed by atoms with Crippen LogP contribution in [0.3, 0.4) is 0 Å². The van der Waals surface area contributed by atoms with Crippen molar-refractivity contribution in [2.75, 3.05) is 0 Å². The molecule has 0 aliphatic rings. The van der Waals surface area contributed by atoms with E-state index in [2.05, 4.69) is 20.9 Å². The van der Waals surface area contributed by atoms with Crippen LogP contribution in [0.25, 0.3) is 6.08 Å². The zero-order valence-electron chi connectivity index (χ0n) is 9.75. The predicted octanol–water partition coefficient (Wildman–Crippen LogP) is 3.58. The maximum atomic E-state index is 10.6. The van der Waals surface area contributed by atoms with Gasteiger partial charge in [-0.1, -0.05) is 12.1 Å². The van der Waals surface area contributed by atoms with Crippen LogP contribution in [0.15, 0.2) is 39.6 Å². The Kier molecular flexibility index (Phi) is 4.70. The summed E-state index contributed by atoms with van der Waals surface area (Å²) in [5.41, 5.74) is 3.28. The number of carboxylic acid groups (broad SMARTS) is 1. The number of hydrogen-bond donors (Lipinski definition) is 1. The van der Waals surface area contributed by atoms with E-state index in [1.165, 1.54) is 17.4 Å². The van der Waals surface area contributed by atoms with Crippen LogP contribution in [-0.2, 0) is 11.4 Å². The summed E-state index contributed by atoms with van der Waals surface area (Å²) in [6.07, 6.45) is 2.58. The largest absolute Gasteiger partial charge is 0.485 e. The molecule has 0 atom stereocenters. The zero-order valence-corrected chi connectivity index (χ0v) is 12.1. The molecule has 0 saturated carbocycles. The van der Waals surface area contributed by atoms with Gasteiger partial charge in [-0.05, 0) is 28.1 Å². The molecule has 2 aromatic rings. The summed E-state index contributed by atoms with van der Waals surface area (Å²) >= 11 is 4.90. The Balaban J connectivity index is 2.20. The van der Waals surface area contributed by atoms with E-state index in [-0.39, 0.29) is 0 Å². The number of thiazole rings is 1. The van der Waals surface area contributed by atoms with Gasteiger partial charge in [-0.25, -0.2) is 9.78 Å². The van der Waals surface area contributed by atoms with Crippen LogP contribution in [0.5, 0.6) is 5.75 Å². The quantitative estimate of drug-likeness (QED) is 0.845. The number of hydrogen-bond acceptors (Lipinski definition) is 4. The highest BCUT2D eigenvalue weighted by atomic mass is 79.9. The molecule has 19 heavy (non-hydrogen) atoms. The number of aromatic nitrogens is 1. The molecular weight excluding hydrogens is 330 g/mol. The summed E-state index contributed by atoms with van der Waals surface area (Å²) in [4.78, 5) is 14.7. The van der Waals surface area contributed by atoms with Gasteiger partial charge in [0.2, 0.25) is 0 Å². The van der Waals surface area contributed by atoms with Crippen LogP contribution in [0.2, 0.25) is 0 Å². The maximum absolute atomic E-state index is 10.6. The number of rotatable bonds is 5. The second-order valence-electron chi connectivity index (χ2n) is 3.60. The molecule has 1 aromatic heterocycles. The fourth-order valence-corrected chi connectivity index (χ4v) is 2.46. The molecule has 1 heterocycles. The number of carbonyl (C=O) groups is 1. The molecular formula is C13H10BrNO3S. The summed E-state index contributed by atoms with van der Waals surface area (Å²) in [6, 6.07) is 5.45. The normalized spacial score (nSPS) is 10.8. The Hall–Kier alpha value is -1.66. The number of nitrogens with zero attached hydrogens (tertiary/aromatic N) is 1. The maximum Gasteiger partial charge on any atom is 0.328 e. The molecule has 0 aliphatic heterocycles. The van der Waals surface area contributed by atoms with E-state index in [0.717, 1.165) is 16.2 Å². The number of ether oxygens (including phenoxy) is 1. The number of halogens is 1. The van der Waals surface area contributed by atoms with Gasteiger partial charge in [0, 0.05) is 17.0 Å². The predicted molar refractivity (Wildman–Crippen MR) is 77.3 cm³/mol. The number of carboxylic acids is 1. The molecule has 0 aliphatic carbocycles. The fourth-order valence-electron chi connectivity index (χ4n) is 1.43. The van der Waals surface area contributed by atoms with Crippen molar-refractivity contribution in [1.29, 1.82) is 0 Å². The second kappa shape index (κ2) is 6.49. The van der Waals surface area contributed by atoms with E-state index in [1.54, 1.807) is 11.6 Å². The number of benzene rings is 1. The van der Waals surface area contributed by atoms with Crippen molar-refractivity contribution in [3.8, 4) is 5.75 Å². The molecule has 0 radical (unpaired) electrons. The Bertz CT molecular complexity index is 596. The second-order valence-corrected chi connectivity index (χ2v) is 5.17. The van der Waals surface area contributed by atoms with Crippen molar-refractivity contribution in [3.63, 3.8) is 0 Å². The van der Waals surface area contributed by atoms with Crippen molar-refractivity contribution in [2.24, 2.45) is 0 Å². The lowest BCUT2D eigenvalue weighted by Gasteiger charge is -2.10. The Morgan fingerprint density at radius 3 is 3.05 bits per heavy atom. The minimum Gasteiger partial charge on any atom is -0.485 e. The molecule has 1 aromatic carbocycles. The first kappa shape index (κ1) is 13.8. The van der Waals surface area contributed by atoms with Crippen molar-refractivity contribution in [2.45, 2.75) is 6.61 Å². The van der Waals surface area contributed by atoms with Gasteiger partial charge < -0.3 is 9.84 Å². The van der Waals surface area contributed by atoms with Crippen molar-refractivity contribution < 1.29 is 14.6 Å². The van der Waals surface area contributed by atoms with Gasteiger partial charge in [0.15, 0.2) is 0 Å². The van der Waals surface area contributed by atoms with Crippen LogP contribution in [-0.4, -0.2) is 16.1 Å². The van der Waals surface area contributed by atoms with Crippen LogP contribution in [0, 0.1) is 0 Å². The van der Waals surface area contributed by atoms with Gasteiger partial charge in [0.25, 0.3) is 0 Å². The Labute approximate surface area is 122 Å². The van der Waals surface area contributed by atoms with Gasteiger partial charge in [-0.3, -0.25) is 0 Å². The molecule has 0 spiro atoms. The zero-order chi connectivity index (χ0) is 13.7. The molecule has 98 valence electrons. The molecule has 0 unspecified atom stereocenters. The van der Waals surface area contributed by atoms with E-state index in [4.69, 9.17) is 9.84 Å². The highest BCUT2D eigenvalue weighted by molar-refractivity contribution is 9.10. The third-order valence-corrected chi connectivity index (χ3v) is 3.51. The average molecular weight is 340 g/mol. The van der Waals surface area contributed by atoms with E-state index >= 15 is 0 Å². The highest BCUT2D eigenvalue weighted by Crippen LogP contribution is 2.30. The first-order chi connectivity index (χ1) is 9.16. The SMILES string of the molecule is O=C(O)/C=C/c1cccc(Br)c1OCc1cscn1. The van der Waals surface area contributed by atoms with Crippen LogP contribution in [0.4, 0.5) is 0 Å². The fraction of sp³-hybridized carbons (Fsp3) is 0.0769. The monoisotopic (exact) mass is 339 g/mol. The van der Waals surface area contributed by atoms with Gasteiger partial charge in [0.05, 0.1) is 15.7 Å². The summed E-state index contributed by atoms with van der Waals surface area (Å²) in [5.74, 6) is -0.390. The standard InChI is InChI=1S/C13H10BrNO3S/c14-11-3-1-2-9(4-5-12(16)17)13(11)18-6-10-7-19-8-15-10/h1-5,7-8H,6H2,(H,16,17)/b5-4+.